The first-order valence-corrected chi connectivity index (χ1v) is 13.6. The average molecular weight is 421 g/mol. The van der Waals surface area contributed by atoms with Crippen LogP contribution in [0.25, 0.3) is 0 Å². The van der Waals surface area contributed by atoms with Crippen LogP contribution in [0.3, 0.4) is 0 Å². The van der Waals surface area contributed by atoms with E-state index in [9.17, 15) is 13.5 Å². The van der Waals surface area contributed by atoms with Gasteiger partial charge in [0.05, 0.1) is 6.10 Å². The van der Waals surface area contributed by atoms with E-state index in [1.165, 1.54) is 89.9 Å². The lowest BCUT2D eigenvalue weighted by molar-refractivity contribution is 0.149. The Morgan fingerprint density at radius 3 is 1.21 bits per heavy atom. The summed E-state index contributed by atoms with van der Waals surface area (Å²) in [4.78, 5) is 0. The lowest BCUT2D eigenvalue weighted by atomic mass is 10.0. The molecule has 0 aliphatic heterocycles. The second kappa shape index (κ2) is 18.9. The van der Waals surface area contributed by atoms with Gasteiger partial charge in [-0.25, -0.2) is 0 Å². The summed E-state index contributed by atoms with van der Waals surface area (Å²) in [7, 11) is -4.14. The summed E-state index contributed by atoms with van der Waals surface area (Å²) in [6, 6.07) is 0. The van der Waals surface area contributed by atoms with Crippen LogP contribution < -0.4 is 0 Å². The zero-order valence-corrected chi connectivity index (χ0v) is 19.5. The quantitative estimate of drug-likeness (QED) is 0.154. The Labute approximate surface area is 175 Å². The molecule has 0 aromatic rings. The molecule has 0 aromatic heterocycles. The summed E-state index contributed by atoms with van der Waals surface area (Å²) < 4.78 is 31.5. The third-order valence-corrected chi connectivity index (χ3v) is 7.23. The molecule has 0 saturated heterocycles. The molecule has 0 aromatic carbocycles. The van der Waals surface area contributed by atoms with E-state index < -0.39 is 21.5 Å². The highest BCUT2D eigenvalue weighted by Gasteiger charge is 2.28. The van der Waals surface area contributed by atoms with Gasteiger partial charge in [-0.3, -0.25) is 4.55 Å². The molecule has 5 heteroatoms. The van der Waals surface area contributed by atoms with Gasteiger partial charge in [-0.15, -0.1) is 0 Å². The molecule has 0 aliphatic rings. The third kappa shape index (κ3) is 16.8. The molecule has 28 heavy (non-hydrogen) atoms. The van der Waals surface area contributed by atoms with Crippen LogP contribution in [0, 0.1) is 0 Å². The topological polar surface area (TPSA) is 74.6 Å². The average Bonchev–Trinajstić information content (AvgIpc) is 2.63. The second-order valence-corrected chi connectivity index (χ2v) is 10.1. The highest BCUT2D eigenvalue weighted by molar-refractivity contribution is 7.86. The van der Waals surface area contributed by atoms with E-state index >= 15 is 0 Å². The maximum absolute atomic E-state index is 11.2. The maximum atomic E-state index is 11.2. The Morgan fingerprint density at radius 1 is 0.607 bits per heavy atom. The van der Waals surface area contributed by atoms with E-state index in [1.54, 1.807) is 6.92 Å². The zero-order valence-electron chi connectivity index (χ0n) is 18.7. The molecular weight excluding hydrogens is 372 g/mol. The van der Waals surface area contributed by atoms with E-state index in [4.69, 9.17) is 4.55 Å². The molecule has 4 nitrogen and oxygen atoms in total. The van der Waals surface area contributed by atoms with Gasteiger partial charge in [-0.05, 0) is 12.8 Å². The van der Waals surface area contributed by atoms with Crippen molar-refractivity contribution >= 4 is 10.1 Å². The van der Waals surface area contributed by atoms with Crippen molar-refractivity contribution in [1.82, 2.24) is 0 Å². The summed E-state index contributed by atoms with van der Waals surface area (Å²) in [5.41, 5.74) is 0. The number of aliphatic hydroxyl groups excluding tert-OH is 1. The van der Waals surface area contributed by atoms with Crippen molar-refractivity contribution in [3.8, 4) is 0 Å². The fraction of sp³-hybridized carbons (Fsp3) is 1.00. The normalized spacial score (nSPS) is 14.3. The van der Waals surface area contributed by atoms with Crippen LogP contribution in [0.15, 0.2) is 0 Å². The number of unbranched alkanes of at least 4 members (excludes halogenated alkanes) is 16. The minimum Gasteiger partial charge on any atom is -0.392 e. The Hall–Kier alpha value is -0.130. The SMILES string of the molecule is CCCCCCCCCCCCCCCCCCCC(O)C(CC)S(=O)(=O)O. The van der Waals surface area contributed by atoms with E-state index in [0.717, 1.165) is 19.3 Å². The van der Waals surface area contributed by atoms with Crippen molar-refractivity contribution in [2.45, 2.75) is 147 Å². The predicted molar refractivity (Wildman–Crippen MR) is 120 cm³/mol. The van der Waals surface area contributed by atoms with Gasteiger partial charge in [0.2, 0.25) is 0 Å². The van der Waals surface area contributed by atoms with Gasteiger partial charge in [0, 0.05) is 0 Å². The molecule has 170 valence electrons. The van der Waals surface area contributed by atoms with Crippen molar-refractivity contribution in [1.29, 1.82) is 0 Å². The van der Waals surface area contributed by atoms with Crippen LogP contribution in [0.5, 0.6) is 0 Å². The van der Waals surface area contributed by atoms with E-state index in [1.807, 2.05) is 0 Å². The standard InChI is InChI=1S/C23H48O4S/c1-3-5-6-7-8-9-10-11-12-13-14-15-16-17-18-19-20-21-22(24)23(4-2)28(25,26)27/h22-24H,3-21H2,1-2H3,(H,25,26,27). The fourth-order valence-electron chi connectivity index (χ4n) is 3.95. The number of rotatable bonds is 21. The predicted octanol–water partition coefficient (Wildman–Crippen LogP) is 7.06. The zero-order chi connectivity index (χ0) is 21.1. The van der Waals surface area contributed by atoms with E-state index in [2.05, 4.69) is 6.92 Å². The molecule has 0 rings (SSSR count). The Kier molecular flexibility index (Phi) is 18.8. The second-order valence-electron chi connectivity index (χ2n) is 8.47. The molecule has 0 saturated carbocycles. The first-order valence-electron chi connectivity index (χ1n) is 12.1. The Bertz CT molecular complexity index is 422. The van der Waals surface area contributed by atoms with Crippen LogP contribution in [0.4, 0.5) is 0 Å². The molecule has 0 bridgehead atoms. The summed E-state index contributed by atoms with van der Waals surface area (Å²) in [6.07, 6.45) is 21.9. The lowest BCUT2D eigenvalue weighted by Crippen LogP contribution is -2.33. The third-order valence-electron chi connectivity index (χ3n) is 5.82. The van der Waals surface area contributed by atoms with Gasteiger partial charge >= 0.3 is 0 Å². The van der Waals surface area contributed by atoms with Crippen molar-refractivity contribution in [2.24, 2.45) is 0 Å². The molecular formula is C23H48O4S. The summed E-state index contributed by atoms with van der Waals surface area (Å²) in [5, 5.41) is 8.90. The largest absolute Gasteiger partial charge is 0.392 e. The molecule has 0 radical (unpaired) electrons. The van der Waals surface area contributed by atoms with Crippen molar-refractivity contribution < 1.29 is 18.1 Å². The minimum atomic E-state index is -4.14. The van der Waals surface area contributed by atoms with Crippen molar-refractivity contribution in [2.75, 3.05) is 0 Å². The van der Waals surface area contributed by atoms with E-state index in [0.29, 0.717) is 6.42 Å². The monoisotopic (exact) mass is 420 g/mol. The van der Waals surface area contributed by atoms with Gasteiger partial charge in [0.25, 0.3) is 10.1 Å². The first kappa shape index (κ1) is 27.9. The summed E-state index contributed by atoms with van der Waals surface area (Å²) in [5.74, 6) is 0. The fourth-order valence-corrected chi connectivity index (χ4v) is 4.90. The Balaban J connectivity index is 3.32. The van der Waals surface area contributed by atoms with Crippen LogP contribution in [0.1, 0.15) is 136 Å². The van der Waals surface area contributed by atoms with Gasteiger partial charge in [0.15, 0.2) is 0 Å². The lowest BCUT2D eigenvalue weighted by Gasteiger charge is -2.18. The molecule has 2 atom stereocenters. The number of hydrogen-bond acceptors (Lipinski definition) is 3. The molecule has 0 spiro atoms. The summed E-state index contributed by atoms with van der Waals surface area (Å²) in [6.45, 7) is 3.94. The van der Waals surface area contributed by atoms with Gasteiger partial charge in [-0.1, -0.05) is 123 Å². The summed E-state index contributed by atoms with van der Waals surface area (Å²) >= 11 is 0. The van der Waals surface area contributed by atoms with Gasteiger partial charge in [-0.2, -0.15) is 8.42 Å². The maximum Gasteiger partial charge on any atom is 0.270 e. The van der Waals surface area contributed by atoms with Crippen LogP contribution >= 0.6 is 0 Å². The van der Waals surface area contributed by atoms with Crippen molar-refractivity contribution in [3.63, 3.8) is 0 Å². The van der Waals surface area contributed by atoms with Gasteiger partial charge < -0.3 is 5.11 Å². The van der Waals surface area contributed by atoms with Gasteiger partial charge in [0.1, 0.15) is 5.25 Å². The highest BCUT2D eigenvalue weighted by atomic mass is 32.2. The van der Waals surface area contributed by atoms with Crippen LogP contribution in [-0.2, 0) is 10.1 Å². The Morgan fingerprint density at radius 2 is 0.929 bits per heavy atom. The van der Waals surface area contributed by atoms with Crippen LogP contribution in [0.2, 0.25) is 0 Å². The minimum absolute atomic E-state index is 0.249. The molecule has 0 amide bonds. The number of hydrogen-bond donors (Lipinski definition) is 2. The van der Waals surface area contributed by atoms with E-state index in [-0.39, 0.29) is 6.42 Å². The molecule has 2 N–H and O–H groups in total. The smallest absolute Gasteiger partial charge is 0.270 e. The van der Waals surface area contributed by atoms with Crippen LogP contribution in [-0.4, -0.2) is 29.4 Å². The first-order chi connectivity index (χ1) is 13.4. The molecule has 0 heterocycles. The van der Waals surface area contributed by atoms with Crippen molar-refractivity contribution in [3.05, 3.63) is 0 Å². The molecule has 0 fully saturated rings. The molecule has 2 unspecified atom stereocenters. The molecule has 0 aliphatic carbocycles. The highest BCUT2D eigenvalue weighted by Crippen LogP contribution is 2.17. The number of aliphatic hydroxyl groups is 1.